The van der Waals surface area contributed by atoms with Crippen LogP contribution < -0.4 is 4.74 Å². The molecule has 0 amide bonds. The molecule has 0 heterocycles. The zero-order valence-electron chi connectivity index (χ0n) is 16.9. The van der Waals surface area contributed by atoms with E-state index in [-0.39, 0.29) is 11.4 Å². The van der Waals surface area contributed by atoms with Crippen molar-refractivity contribution in [3.05, 3.63) is 29.3 Å². The van der Waals surface area contributed by atoms with Crippen LogP contribution in [0.25, 0.3) is 0 Å². The molecule has 4 rings (SSSR count). The number of benzene rings is 1. The van der Waals surface area contributed by atoms with E-state index in [1.807, 2.05) is 6.92 Å². The first-order valence-corrected chi connectivity index (χ1v) is 10.2. The van der Waals surface area contributed by atoms with E-state index in [1.165, 1.54) is 24.5 Å². The van der Waals surface area contributed by atoms with Crippen LogP contribution in [-0.4, -0.2) is 18.7 Å². The normalized spacial score (nSPS) is 36.5. The molecule has 2 fully saturated rings. The van der Waals surface area contributed by atoms with Crippen LogP contribution in [-0.2, 0) is 16.0 Å². The van der Waals surface area contributed by atoms with Gasteiger partial charge >= 0.3 is 5.97 Å². The molecule has 3 aliphatic carbocycles. The van der Waals surface area contributed by atoms with E-state index in [2.05, 4.69) is 37.0 Å². The molecule has 0 aliphatic heterocycles. The quantitative estimate of drug-likeness (QED) is 0.553. The molecular weight excluding hydrogens is 336 g/mol. The van der Waals surface area contributed by atoms with Gasteiger partial charge in [0, 0.05) is 12.3 Å². The fraction of sp³-hybridized carbons (Fsp3) is 0.625. The molecule has 0 spiro atoms. The van der Waals surface area contributed by atoms with Crippen LogP contribution in [0.1, 0.15) is 69.9 Å². The first kappa shape index (κ1) is 18.4. The van der Waals surface area contributed by atoms with Gasteiger partial charge in [-0.05, 0) is 86.5 Å². The highest BCUT2D eigenvalue weighted by Crippen LogP contribution is 2.65. The Labute approximate surface area is 162 Å². The van der Waals surface area contributed by atoms with Gasteiger partial charge in [0.15, 0.2) is 5.60 Å². The van der Waals surface area contributed by atoms with E-state index in [0.717, 1.165) is 37.9 Å². The van der Waals surface area contributed by atoms with Crippen LogP contribution in [0.15, 0.2) is 18.2 Å². The van der Waals surface area contributed by atoms with Gasteiger partial charge in [0.2, 0.25) is 0 Å². The predicted octanol–water partition coefficient (Wildman–Crippen LogP) is 4.88. The third kappa shape index (κ3) is 2.68. The molecule has 0 saturated heterocycles. The molecule has 3 nitrogen and oxygen atoms in total. The Kier molecular flexibility index (Phi) is 4.49. The van der Waals surface area contributed by atoms with Crippen molar-refractivity contribution in [3.8, 4) is 17.6 Å². The summed E-state index contributed by atoms with van der Waals surface area (Å²) < 4.78 is 11.4. The zero-order valence-corrected chi connectivity index (χ0v) is 16.9. The SMILES string of the molecule is CC#C[C@]1(OC(C)=O)CCC2C3CCc4cc(OC)ccc4C3CC[C@@]21C. The number of aryl methyl sites for hydroxylation is 1. The number of fused-ring (bicyclic) bond motifs is 5. The van der Waals surface area contributed by atoms with Gasteiger partial charge in [-0.1, -0.05) is 18.9 Å². The molecule has 3 heteroatoms. The van der Waals surface area contributed by atoms with E-state index in [9.17, 15) is 4.79 Å². The second-order valence-electron chi connectivity index (χ2n) is 8.77. The summed E-state index contributed by atoms with van der Waals surface area (Å²) in [6.07, 6.45) is 6.50. The number of hydrogen-bond acceptors (Lipinski definition) is 3. The summed E-state index contributed by atoms with van der Waals surface area (Å²) in [5.74, 6) is 9.00. The maximum atomic E-state index is 11.9. The van der Waals surface area contributed by atoms with Crippen molar-refractivity contribution in [2.45, 2.75) is 70.8 Å². The van der Waals surface area contributed by atoms with Crippen LogP contribution in [0, 0.1) is 29.1 Å². The zero-order chi connectivity index (χ0) is 19.2. The third-order valence-electron chi connectivity index (χ3n) is 7.70. The van der Waals surface area contributed by atoms with Gasteiger partial charge in [-0.15, -0.1) is 5.92 Å². The lowest BCUT2D eigenvalue weighted by Gasteiger charge is -2.52. The second-order valence-corrected chi connectivity index (χ2v) is 8.77. The molecule has 0 aromatic heterocycles. The first-order chi connectivity index (χ1) is 12.9. The number of esters is 1. The molecule has 0 bridgehead atoms. The van der Waals surface area contributed by atoms with Gasteiger partial charge in [0.25, 0.3) is 0 Å². The van der Waals surface area contributed by atoms with Gasteiger partial charge in [-0.3, -0.25) is 4.79 Å². The Bertz CT molecular complexity index is 817. The molecule has 0 N–H and O–H groups in total. The largest absolute Gasteiger partial charge is 0.497 e. The van der Waals surface area contributed by atoms with Crippen molar-refractivity contribution < 1.29 is 14.3 Å². The lowest BCUT2D eigenvalue weighted by Crippen LogP contribution is -2.52. The fourth-order valence-corrected chi connectivity index (χ4v) is 6.53. The summed E-state index contributed by atoms with van der Waals surface area (Å²) in [4.78, 5) is 11.9. The Morgan fingerprint density at radius 1 is 1.22 bits per heavy atom. The molecule has 144 valence electrons. The number of hydrogen-bond donors (Lipinski definition) is 0. The highest BCUT2D eigenvalue weighted by molar-refractivity contribution is 5.67. The van der Waals surface area contributed by atoms with Crippen molar-refractivity contribution in [2.75, 3.05) is 7.11 Å². The van der Waals surface area contributed by atoms with Crippen molar-refractivity contribution in [2.24, 2.45) is 17.3 Å². The average molecular weight is 367 g/mol. The molecule has 27 heavy (non-hydrogen) atoms. The molecule has 5 atom stereocenters. The smallest absolute Gasteiger partial charge is 0.304 e. The summed E-state index contributed by atoms with van der Waals surface area (Å²) in [5.41, 5.74) is 2.31. The molecule has 3 unspecified atom stereocenters. The summed E-state index contributed by atoms with van der Waals surface area (Å²) in [5, 5.41) is 0. The van der Waals surface area contributed by atoms with Crippen LogP contribution in [0.3, 0.4) is 0 Å². The fourth-order valence-electron chi connectivity index (χ4n) is 6.53. The summed E-state index contributed by atoms with van der Waals surface area (Å²) >= 11 is 0. The predicted molar refractivity (Wildman–Crippen MR) is 106 cm³/mol. The number of ether oxygens (including phenoxy) is 2. The van der Waals surface area contributed by atoms with Gasteiger partial charge < -0.3 is 9.47 Å². The van der Waals surface area contributed by atoms with Gasteiger partial charge in [0.05, 0.1) is 7.11 Å². The summed E-state index contributed by atoms with van der Waals surface area (Å²) in [7, 11) is 1.74. The average Bonchev–Trinajstić information content (AvgIpc) is 2.93. The minimum atomic E-state index is -0.608. The monoisotopic (exact) mass is 366 g/mol. The number of rotatable bonds is 2. The Hall–Kier alpha value is -1.95. The van der Waals surface area contributed by atoms with E-state index in [0.29, 0.717) is 17.8 Å². The van der Waals surface area contributed by atoms with E-state index >= 15 is 0 Å². The van der Waals surface area contributed by atoms with E-state index < -0.39 is 5.60 Å². The standard InChI is InChI=1S/C24H30O3/c1-5-12-24(27-16(2)25)14-11-22-21-8-6-17-15-18(26-4)7-9-19(17)20(21)10-13-23(22,24)3/h7,9,15,20-22H,6,8,10-11,13-14H2,1-4H3/t20?,21?,22?,23-,24-/m0/s1. The van der Waals surface area contributed by atoms with Crippen LogP contribution in [0.4, 0.5) is 0 Å². The second kappa shape index (κ2) is 6.59. The van der Waals surface area contributed by atoms with Crippen LogP contribution >= 0.6 is 0 Å². The topological polar surface area (TPSA) is 35.5 Å². The molecule has 0 radical (unpaired) electrons. The lowest BCUT2D eigenvalue weighted by atomic mass is 9.53. The van der Waals surface area contributed by atoms with Crippen molar-refractivity contribution >= 4 is 5.97 Å². The van der Waals surface area contributed by atoms with Gasteiger partial charge in [-0.2, -0.15) is 0 Å². The van der Waals surface area contributed by atoms with E-state index in [1.54, 1.807) is 7.11 Å². The maximum Gasteiger partial charge on any atom is 0.304 e. The summed E-state index contributed by atoms with van der Waals surface area (Å²) in [6.45, 7) is 5.71. The maximum absolute atomic E-state index is 11.9. The minimum absolute atomic E-state index is 0.0488. The Morgan fingerprint density at radius 2 is 2.04 bits per heavy atom. The number of methoxy groups -OCH3 is 1. The lowest BCUT2D eigenvalue weighted by molar-refractivity contribution is -0.165. The van der Waals surface area contributed by atoms with Crippen molar-refractivity contribution in [3.63, 3.8) is 0 Å². The Morgan fingerprint density at radius 3 is 2.74 bits per heavy atom. The minimum Gasteiger partial charge on any atom is -0.497 e. The highest BCUT2D eigenvalue weighted by Gasteiger charge is 2.63. The number of carbonyl (C=O) groups excluding carboxylic acids is 1. The molecule has 1 aromatic rings. The molecular formula is C24H30O3. The van der Waals surface area contributed by atoms with Gasteiger partial charge in [-0.25, -0.2) is 0 Å². The van der Waals surface area contributed by atoms with Crippen LogP contribution in [0.2, 0.25) is 0 Å². The third-order valence-corrected chi connectivity index (χ3v) is 7.70. The van der Waals surface area contributed by atoms with Crippen molar-refractivity contribution in [1.29, 1.82) is 0 Å². The van der Waals surface area contributed by atoms with E-state index in [4.69, 9.17) is 9.47 Å². The number of carbonyl (C=O) groups is 1. The molecule has 2 saturated carbocycles. The molecule has 1 aromatic carbocycles. The first-order valence-electron chi connectivity index (χ1n) is 10.2. The Balaban J connectivity index is 1.69. The van der Waals surface area contributed by atoms with Crippen LogP contribution in [0.5, 0.6) is 5.75 Å². The summed E-state index contributed by atoms with van der Waals surface area (Å²) in [6, 6.07) is 6.61. The van der Waals surface area contributed by atoms with Gasteiger partial charge in [0.1, 0.15) is 5.75 Å². The van der Waals surface area contributed by atoms with Crippen molar-refractivity contribution in [1.82, 2.24) is 0 Å². The molecule has 3 aliphatic rings. The highest BCUT2D eigenvalue weighted by atomic mass is 16.6.